The standard InChI is InChI=1S/C14H30O.C2H6O2.5C2H4/c1-3-5-7-9-10-12-14-15-13-11-8-6-4-2;3-1-2-4;5*1-2/h3-14H2,1-2H3;3-4H,1-2H2;5*1-2H2. The van der Waals surface area contributed by atoms with E-state index in [9.17, 15) is 0 Å². The Bertz CT molecular complexity index is 161. The van der Waals surface area contributed by atoms with Gasteiger partial charge in [-0.15, -0.1) is 65.8 Å². The smallest absolute Gasteiger partial charge is 0.0662 e. The third-order valence-electron chi connectivity index (χ3n) is 2.88. The summed E-state index contributed by atoms with van der Waals surface area (Å²) < 4.78 is 5.59. The van der Waals surface area contributed by atoms with E-state index in [1.807, 2.05) is 0 Å². The molecule has 3 heteroatoms. The van der Waals surface area contributed by atoms with E-state index in [1.165, 1.54) is 64.2 Å². The van der Waals surface area contributed by atoms with Gasteiger partial charge in [0.25, 0.3) is 0 Å². The fourth-order valence-electron chi connectivity index (χ4n) is 1.72. The molecule has 0 aliphatic rings. The maximum absolute atomic E-state index is 7.62. The summed E-state index contributed by atoms with van der Waals surface area (Å²) in [7, 11) is 0. The Labute approximate surface area is 185 Å². The van der Waals surface area contributed by atoms with Crippen molar-refractivity contribution in [3.05, 3.63) is 65.8 Å². The minimum atomic E-state index is -0.125. The zero-order valence-electron chi connectivity index (χ0n) is 20.3. The maximum Gasteiger partial charge on any atom is 0.0662 e. The van der Waals surface area contributed by atoms with Crippen molar-refractivity contribution in [2.75, 3.05) is 26.4 Å². The molecule has 0 amide bonds. The Morgan fingerprint density at radius 3 is 0.966 bits per heavy atom. The molecule has 0 fully saturated rings. The van der Waals surface area contributed by atoms with Crippen molar-refractivity contribution in [1.29, 1.82) is 0 Å². The van der Waals surface area contributed by atoms with Crippen LogP contribution in [0.5, 0.6) is 0 Å². The third kappa shape index (κ3) is 120. The van der Waals surface area contributed by atoms with Crippen LogP contribution in [0.25, 0.3) is 0 Å². The molecule has 0 unspecified atom stereocenters. The van der Waals surface area contributed by atoms with Crippen molar-refractivity contribution in [2.24, 2.45) is 0 Å². The quantitative estimate of drug-likeness (QED) is 0.237. The number of aliphatic hydroxyl groups excluding tert-OH is 2. The summed E-state index contributed by atoms with van der Waals surface area (Å²) >= 11 is 0. The van der Waals surface area contributed by atoms with E-state index in [4.69, 9.17) is 14.9 Å². The summed E-state index contributed by atoms with van der Waals surface area (Å²) in [5.74, 6) is 0. The van der Waals surface area contributed by atoms with Gasteiger partial charge in [-0.1, -0.05) is 65.2 Å². The largest absolute Gasteiger partial charge is 0.394 e. The molecule has 3 nitrogen and oxygen atoms in total. The van der Waals surface area contributed by atoms with Crippen molar-refractivity contribution in [3.63, 3.8) is 0 Å². The van der Waals surface area contributed by atoms with Crippen LogP contribution in [0.4, 0.5) is 0 Å². The Kier molecular flexibility index (Phi) is 150. The summed E-state index contributed by atoms with van der Waals surface area (Å²) in [6.07, 6.45) is 13.4. The Balaban J connectivity index is -0.0000000574. The number of hydrogen-bond acceptors (Lipinski definition) is 3. The molecular weight excluding hydrogens is 360 g/mol. The lowest BCUT2D eigenvalue weighted by Crippen LogP contribution is -1.97. The first kappa shape index (κ1) is 46.0. The highest BCUT2D eigenvalue weighted by atomic mass is 16.5. The van der Waals surface area contributed by atoms with Crippen LogP contribution in [0.3, 0.4) is 0 Å². The highest BCUT2D eigenvalue weighted by molar-refractivity contribution is 4.44. The van der Waals surface area contributed by atoms with Gasteiger partial charge in [-0.2, -0.15) is 0 Å². The van der Waals surface area contributed by atoms with Gasteiger partial charge >= 0.3 is 0 Å². The fraction of sp³-hybridized carbons (Fsp3) is 0.615. The van der Waals surface area contributed by atoms with Gasteiger partial charge in [0.15, 0.2) is 0 Å². The van der Waals surface area contributed by atoms with E-state index >= 15 is 0 Å². The van der Waals surface area contributed by atoms with E-state index in [0.29, 0.717) is 0 Å². The van der Waals surface area contributed by atoms with Crippen LogP contribution in [0.2, 0.25) is 0 Å². The highest BCUT2D eigenvalue weighted by Crippen LogP contribution is 2.05. The molecule has 0 saturated heterocycles. The first-order chi connectivity index (χ1) is 14.3. The number of unbranched alkanes of at least 4 members (excludes halogenated alkanes) is 8. The van der Waals surface area contributed by atoms with Crippen molar-refractivity contribution in [1.82, 2.24) is 0 Å². The molecule has 0 aliphatic heterocycles. The van der Waals surface area contributed by atoms with Crippen LogP contribution in [-0.2, 0) is 4.74 Å². The Morgan fingerprint density at radius 2 is 0.690 bits per heavy atom. The molecular formula is C26H56O3. The zero-order valence-corrected chi connectivity index (χ0v) is 20.3. The molecule has 0 aliphatic carbocycles. The predicted octanol–water partition coefficient (Wildman–Crippen LogP) is 7.93. The van der Waals surface area contributed by atoms with Gasteiger partial charge in [-0.25, -0.2) is 0 Å². The van der Waals surface area contributed by atoms with Gasteiger partial charge in [-0.05, 0) is 12.8 Å². The van der Waals surface area contributed by atoms with Crippen molar-refractivity contribution >= 4 is 0 Å². The zero-order chi connectivity index (χ0) is 24.6. The minimum absolute atomic E-state index is 0.125. The van der Waals surface area contributed by atoms with E-state index in [0.717, 1.165) is 13.2 Å². The van der Waals surface area contributed by atoms with Gasteiger partial charge in [-0.3, -0.25) is 0 Å². The van der Waals surface area contributed by atoms with Crippen LogP contribution < -0.4 is 0 Å². The van der Waals surface area contributed by atoms with Gasteiger partial charge < -0.3 is 14.9 Å². The van der Waals surface area contributed by atoms with Crippen molar-refractivity contribution in [2.45, 2.75) is 78.1 Å². The minimum Gasteiger partial charge on any atom is -0.394 e. The maximum atomic E-state index is 7.62. The number of ether oxygens (including phenoxy) is 1. The first-order valence-electron chi connectivity index (χ1n) is 10.6. The summed E-state index contributed by atoms with van der Waals surface area (Å²) in [5, 5.41) is 15.2. The lowest BCUT2D eigenvalue weighted by molar-refractivity contribution is 0.126. The normalized spacial score (nSPS) is 7.31. The van der Waals surface area contributed by atoms with E-state index in [2.05, 4.69) is 79.6 Å². The number of hydrogen-bond donors (Lipinski definition) is 2. The van der Waals surface area contributed by atoms with Crippen LogP contribution in [0, 0.1) is 0 Å². The fourth-order valence-corrected chi connectivity index (χ4v) is 1.72. The topological polar surface area (TPSA) is 49.7 Å². The van der Waals surface area contributed by atoms with Gasteiger partial charge in [0, 0.05) is 13.2 Å². The van der Waals surface area contributed by atoms with Crippen molar-refractivity contribution < 1.29 is 14.9 Å². The molecule has 0 spiro atoms. The van der Waals surface area contributed by atoms with E-state index in [1.54, 1.807) is 0 Å². The summed E-state index contributed by atoms with van der Waals surface area (Å²) in [4.78, 5) is 0. The molecule has 29 heavy (non-hydrogen) atoms. The lowest BCUT2D eigenvalue weighted by atomic mass is 10.1. The Morgan fingerprint density at radius 1 is 0.448 bits per heavy atom. The van der Waals surface area contributed by atoms with Gasteiger partial charge in [0.1, 0.15) is 0 Å². The molecule has 0 aromatic carbocycles. The van der Waals surface area contributed by atoms with Gasteiger partial charge in [0.2, 0.25) is 0 Å². The summed E-state index contributed by atoms with van der Waals surface area (Å²) in [5.41, 5.74) is 0. The van der Waals surface area contributed by atoms with E-state index in [-0.39, 0.29) is 13.2 Å². The van der Waals surface area contributed by atoms with Crippen LogP contribution in [0.1, 0.15) is 78.1 Å². The molecule has 0 saturated carbocycles. The van der Waals surface area contributed by atoms with Crippen LogP contribution >= 0.6 is 0 Å². The average Bonchev–Trinajstić information content (AvgIpc) is 2.84. The monoisotopic (exact) mass is 416 g/mol. The first-order valence-corrected chi connectivity index (χ1v) is 10.6. The molecule has 0 radical (unpaired) electrons. The molecule has 0 rings (SSSR count). The average molecular weight is 417 g/mol. The molecule has 0 aromatic heterocycles. The highest BCUT2D eigenvalue weighted by Gasteiger charge is 1.91. The molecule has 0 bridgehead atoms. The van der Waals surface area contributed by atoms with Crippen molar-refractivity contribution in [3.8, 4) is 0 Å². The van der Waals surface area contributed by atoms with E-state index < -0.39 is 0 Å². The molecule has 0 atom stereocenters. The SMILES string of the molecule is C=C.C=C.C=C.C=C.C=C.CCCCCCCCOCCCCCC.OCCO. The Hall–Kier alpha value is -1.42. The second-order valence-electron chi connectivity index (χ2n) is 4.89. The molecule has 178 valence electrons. The third-order valence-corrected chi connectivity index (χ3v) is 2.88. The molecule has 2 N–H and O–H groups in total. The molecule has 0 heterocycles. The predicted molar refractivity (Wildman–Crippen MR) is 139 cm³/mol. The van der Waals surface area contributed by atoms with Crippen LogP contribution in [-0.4, -0.2) is 36.6 Å². The summed E-state index contributed by atoms with van der Waals surface area (Å²) in [6.45, 7) is 36.2. The van der Waals surface area contributed by atoms with Gasteiger partial charge in [0.05, 0.1) is 13.2 Å². The van der Waals surface area contributed by atoms with Crippen LogP contribution in [0.15, 0.2) is 65.8 Å². The lowest BCUT2D eigenvalue weighted by Gasteiger charge is -2.03. The number of aliphatic hydroxyl groups is 2. The molecule has 0 aromatic rings. The summed E-state index contributed by atoms with van der Waals surface area (Å²) in [6, 6.07) is 0. The number of rotatable bonds is 13. The second kappa shape index (κ2) is 94.3. The second-order valence-corrected chi connectivity index (χ2v) is 4.89.